The van der Waals surface area contributed by atoms with Crippen molar-refractivity contribution in [2.75, 3.05) is 20.3 Å². The summed E-state index contributed by atoms with van der Waals surface area (Å²) in [6, 6.07) is -0.872. The summed E-state index contributed by atoms with van der Waals surface area (Å²) in [5, 5.41) is 8.36. The summed E-state index contributed by atoms with van der Waals surface area (Å²) in [5.41, 5.74) is 7.50. The number of hydroxylamine groups is 1. The Morgan fingerprint density at radius 2 is 2.13 bits per heavy atom. The zero-order valence-corrected chi connectivity index (χ0v) is 8.56. The van der Waals surface area contributed by atoms with E-state index in [-0.39, 0.29) is 19.4 Å². The second kappa shape index (κ2) is 8.16. The van der Waals surface area contributed by atoms with Crippen LogP contribution in [0.3, 0.4) is 0 Å². The van der Waals surface area contributed by atoms with Crippen molar-refractivity contribution in [3.63, 3.8) is 0 Å². The molecule has 0 heterocycles. The largest absolute Gasteiger partial charge is 0.481 e. The van der Waals surface area contributed by atoms with Gasteiger partial charge in [0, 0.05) is 13.5 Å². The monoisotopic (exact) mass is 220 g/mol. The molecule has 0 aromatic heterocycles. The summed E-state index contributed by atoms with van der Waals surface area (Å²) in [7, 11) is 1.50. The molecule has 0 aliphatic heterocycles. The lowest BCUT2D eigenvalue weighted by Gasteiger charge is -2.10. The number of ether oxygens (including phenoxy) is 1. The molecule has 0 saturated carbocycles. The molecule has 1 atom stereocenters. The molecule has 0 saturated heterocycles. The Morgan fingerprint density at radius 1 is 1.47 bits per heavy atom. The maximum atomic E-state index is 11.1. The maximum absolute atomic E-state index is 11.1. The third-order valence-electron chi connectivity index (χ3n) is 1.57. The third kappa shape index (κ3) is 7.86. The maximum Gasteiger partial charge on any atom is 0.303 e. The first-order valence-corrected chi connectivity index (χ1v) is 4.46. The van der Waals surface area contributed by atoms with Gasteiger partial charge in [-0.1, -0.05) is 0 Å². The molecule has 4 N–H and O–H groups in total. The smallest absolute Gasteiger partial charge is 0.303 e. The number of amides is 1. The number of carboxylic acid groups (broad SMARTS) is 1. The fraction of sp³-hybridized carbons (Fsp3) is 0.750. The molecule has 7 heteroatoms. The summed E-state index contributed by atoms with van der Waals surface area (Å²) >= 11 is 0. The Bertz CT molecular complexity index is 209. The van der Waals surface area contributed by atoms with Gasteiger partial charge < -0.3 is 15.6 Å². The van der Waals surface area contributed by atoms with Gasteiger partial charge in [-0.15, -0.1) is 0 Å². The topological polar surface area (TPSA) is 111 Å². The SMILES string of the molecule is COCCONC(=O)C(N)CCC(=O)O. The van der Waals surface area contributed by atoms with Crippen LogP contribution in [0.15, 0.2) is 0 Å². The first-order valence-electron chi connectivity index (χ1n) is 4.46. The summed E-state index contributed by atoms with van der Waals surface area (Å²) in [6.45, 7) is 0.568. The van der Waals surface area contributed by atoms with Crippen molar-refractivity contribution in [3.05, 3.63) is 0 Å². The van der Waals surface area contributed by atoms with Crippen molar-refractivity contribution in [2.45, 2.75) is 18.9 Å². The number of carboxylic acids is 1. The second-order valence-electron chi connectivity index (χ2n) is 2.85. The van der Waals surface area contributed by atoms with Crippen LogP contribution in [-0.2, 0) is 19.2 Å². The fourth-order valence-electron chi connectivity index (χ4n) is 0.733. The summed E-state index contributed by atoms with van der Waals surface area (Å²) < 4.78 is 4.68. The quantitative estimate of drug-likeness (QED) is 0.352. The molecular weight excluding hydrogens is 204 g/mol. The number of carbonyl (C=O) groups excluding carboxylic acids is 1. The van der Waals surface area contributed by atoms with Gasteiger partial charge in [0.25, 0.3) is 5.91 Å². The van der Waals surface area contributed by atoms with Crippen LogP contribution in [0.5, 0.6) is 0 Å². The van der Waals surface area contributed by atoms with Crippen LogP contribution in [-0.4, -0.2) is 43.3 Å². The summed E-state index contributed by atoms with van der Waals surface area (Å²) in [6.07, 6.45) is -0.0680. The zero-order valence-electron chi connectivity index (χ0n) is 8.56. The molecule has 0 bridgehead atoms. The van der Waals surface area contributed by atoms with Crippen molar-refractivity contribution in [2.24, 2.45) is 5.73 Å². The highest BCUT2D eigenvalue weighted by Gasteiger charge is 2.14. The van der Waals surface area contributed by atoms with E-state index in [1.165, 1.54) is 7.11 Å². The molecule has 0 aliphatic carbocycles. The summed E-state index contributed by atoms with van der Waals surface area (Å²) in [4.78, 5) is 26.0. The number of carbonyl (C=O) groups is 2. The minimum absolute atomic E-state index is 0.0782. The number of aliphatic carboxylic acids is 1. The molecule has 88 valence electrons. The van der Waals surface area contributed by atoms with Crippen molar-refractivity contribution < 1.29 is 24.3 Å². The molecule has 0 aliphatic rings. The minimum atomic E-state index is -0.987. The van der Waals surface area contributed by atoms with Crippen LogP contribution >= 0.6 is 0 Å². The molecule has 0 aromatic rings. The van der Waals surface area contributed by atoms with Crippen LogP contribution in [0.1, 0.15) is 12.8 Å². The van der Waals surface area contributed by atoms with Gasteiger partial charge >= 0.3 is 5.97 Å². The van der Waals surface area contributed by atoms with Gasteiger partial charge in [-0.05, 0) is 6.42 Å². The van der Waals surface area contributed by atoms with Crippen LogP contribution in [0.25, 0.3) is 0 Å². The molecule has 0 fully saturated rings. The van der Waals surface area contributed by atoms with Crippen molar-refractivity contribution in [1.29, 1.82) is 0 Å². The average Bonchev–Trinajstić information content (AvgIpc) is 2.20. The highest BCUT2D eigenvalue weighted by Crippen LogP contribution is 1.94. The predicted molar refractivity (Wildman–Crippen MR) is 50.8 cm³/mol. The number of nitrogens with one attached hydrogen (secondary N) is 1. The number of rotatable bonds is 8. The molecule has 1 amide bonds. The zero-order chi connectivity index (χ0) is 11.7. The first kappa shape index (κ1) is 13.8. The normalized spacial score (nSPS) is 12.1. The van der Waals surface area contributed by atoms with E-state index in [1.54, 1.807) is 0 Å². The molecule has 0 rings (SSSR count). The minimum Gasteiger partial charge on any atom is -0.481 e. The summed E-state index contributed by atoms with van der Waals surface area (Å²) in [5.74, 6) is -1.52. The lowest BCUT2D eigenvalue weighted by molar-refractivity contribution is -0.138. The van der Waals surface area contributed by atoms with Gasteiger partial charge in [-0.3, -0.25) is 14.4 Å². The van der Waals surface area contributed by atoms with Crippen LogP contribution < -0.4 is 11.2 Å². The Hall–Kier alpha value is -1.18. The lowest BCUT2D eigenvalue weighted by Crippen LogP contribution is -2.41. The average molecular weight is 220 g/mol. The van der Waals surface area contributed by atoms with E-state index in [1.807, 2.05) is 0 Å². The fourth-order valence-corrected chi connectivity index (χ4v) is 0.733. The highest BCUT2D eigenvalue weighted by atomic mass is 16.7. The van der Waals surface area contributed by atoms with Crippen LogP contribution in [0.4, 0.5) is 0 Å². The Morgan fingerprint density at radius 3 is 2.67 bits per heavy atom. The molecule has 0 spiro atoms. The highest BCUT2D eigenvalue weighted by molar-refractivity contribution is 5.81. The molecule has 15 heavy (non-hydrogen) atoms. The van der Waals surface area contributed by atoms with Gasteiger partial charge in [0.2, 0.25) is 0 Å². The van der Waals surface area contributed by atoms with Crippen LogP contribution in [0.2, 0.25) is 0 Å². The Labute approximate surface area is 87.5 Å². The van der Waals surface area contributed by atoms with Crippen molar-refractivity contribution in [3.8, 4) is 0 Å². The predicted octanol–water partition coefficient (Wildman–Crippen LogP) is -1.13. The Kier molecular flexibility index (Phi) is 7.51. The second-order valence-corrected chi connectivity index (χ2v) is 2.85. The molecule has 7 nitrogen and oxygen atoms in total. The Balaban J connectivity index is 3.55. The number of hydrogen-bond donors (Lipinski definition) is 3. The number of methoxy groups -OCH3 is 1. The number of nitrogens with two attached hydrogens (primary N) is 1. The van der Waals surface area contributed by atoms with E-state index >= 15 is 0 Å². The van der Waals surface area contributed by atoms with Gasteiger partial charge in [0.05, 0.1) is 19.3 Å². The van der Waals surface area contributed by atoms with E-state index in [0.717, 1.165) is 0 Å². The van der Waals surface area contributed by atoms with Gasteiger partial charge in [0.15, 0.2) is 0 Å². The van der Waals surface area contributed by atoms with E-state index < -0.39 is 17.9 Å². The van der Waals surface area contributed by atoms with Crippen molar-refractivity contribution in [1.82, 2.24) is 5.48 Å². The number of hydrogen-bond acceptors (Lipinski definition) is 5. The van der Waals surface area contributed by atoms with E-state index in [2.05, 4.69) is 10.2 Å². The standard InChI is InChI=1S/C8H16N2O5/c1-14-4-5-15-10-8(13)6(9)2-3-7(11)12/h6H,2-5,9H2,1H3,(H,10,13)(H,11,12). The van der Waals surface area contributed by atoms with Gasteiger partial charge in [0.1, 0.15) is 0 Å². The molecule has 0 aromatic carbocycles. The molecule has 0 radical (unpaired) electrons. The van der Waals surface area contributed by atoms with E-state index in [4.69, 9.17) is 15.7 Å². The third-order valence-corrected chi connectivity index (χ3v) is 1.57. The van der Waals surface area contributed by atoms with Crippen LogP contribution in [0, 0.1) is 0 Å². The first-order chi connectivity index (χ1) is 7.07. The van der Waals surface area contributed by atoms with Gasteiger partial charge in [-0.2, -0.15) is 0 Å². The van der Waals surface area contributed by atoms with Crippen molar-refractivity contribution >= 4 is 11.9 Å². The van der Waals surface area contributed by atoms with E-state index in [0.29, 0.717) is 6.61 Å². The molecule has 1 unspecified atom stereocenters. The van der Waals surface area contributed by atoms with E-state index in [9.17, 15) is 9.59 Å². The van der Waals surface area contributed by atoms with Gasteiger partial charge in [-0.25, -0.2) is 5.48 Å². The lowest BCUT2D eigenvalue weighted by atomic mass is 10.1. The molecular formula is C8H16N2O5.